The van der Waals surface area contributed by atoms with Crippen molar-refractivity contribution in [1.82, 2.24) is 20.3 Å². The lowest BCUT2D eigenvalue weighted by molar-refractivity contribution is 0.580. The lowest BCUT2D eigenvalue weighted by Crippen LogP contribution is -2.21. The van der Waals surface area contributed by atoms with Gasteiger partial charge in [0, 0.05) is 17.6 Å². The van der Waals surface area contributed by atoms with Gasteiger partial charge in [0.25, 0.3) is 0 Å². The van der Waals surface area contributed by atoms with Gasteiger partial charge in [0.15, 0.2) is 0 Å². The standard InChI is InChI=1S/C12H14Cl2N4/c1-8(2)15-6-10-7-18(17-16-10)12-5-9(13)3-4-11(12)14/h3-5,7-8,15H,6H2,1-2H3. The van der Waals surface area contributed by atoms with Gasteiger partial charge in [-0.25, -0.2) is 4.68 Å². The van der Waals surface area contributed by atoms with E-state index in [1.165, 1.54) is 0 Å². The van der Waals surface area contributed by atoms with Crippen molar-refractivity contribution in [2.45, 2.75) is 26.4 Å². The summed E-state index contributed by atoms with van der Waals surface area (Å²) in [5.74, 6) is 0. The average Bonchev–Trinajstić information content (AvgIpc) is 2.78. The van der Waals surface area contributed by atoms with E-state index in [9.17, 15) is 0 Å². The molecule has 0 aliphatic heterocycles. The summed E-state index contributed by atoms with van der Waals surface area (Å²) < 4.78 is 1.63. The zero-order valence-electron chi connectivity index (χ0n) is 10.2. The Balaban J connectivity index is 2.21. The number of rotatable bonds is 4. The number of halogens is 2. The molecule has 0 amide bonds. The molecule has 0 spiro atoms. The second kappa shape index (κ2) is 5.69. The molecule has 4 nitrogen and oxygen atoms in total. The molecule has 96 valence electrons. The summed E-state index contributed by atoms with van der Waals surface area (Å²) in [5, 5.41) is 12.6. The minimum atomic E-state index is 0.407. The summed E-state index contributed by atoms with van der Waals surface area (Å²) in [5.41, 5.74) is 1.59. The van der Waals surface area contributed by atoms with Gasteiger partial charge in [-0.05, 0) is 18.2 Å². The van der Waals surface area contributed by atoms with Crippen LogP contribution in [0.1, 0.15) is 19.5 Å². The van der Waals surface area contributed by atoms with Crippen LogP contribution < -0.4 is 5.32 Å². The summed E-state index contributed by atoms with van der Waals surface area (Å²) in [4.78, 5) is 0. The minimum absolute atomic E-state index is 0.407. The largest absolute Gasteiger partial charge is 0.309 e. The lowest BCUT2D eigenvalue weighted by atomic mass is 10.3. The highest BCUT2D eigenvalue weighted by Crippen LogP contribution is 2.23. The molecule has 1 heterocycles. The molecule has 0 radical (unpaired) electrons. The van der Waals surface area contributed by atoms with Gasteiger partial charge in [0.1, 0.15) is 0 Å². The van der Waals surface area contributed by atoms with Crippen molar-refractivity contribution in [3.05, 3.63) is 40.1 Å². The van der Waals surface area contributed by atoms with E-state index >= 15 is 0 Å². The number of aromatic nitrogens is 3. The smallest absolute Gasteiger partial charge is 0.0969 e. The Morgan fingerprint density at radius 3 is 2.83 bits per heavy atom. The fraction of sp³-hybridized carbons (Fsp3) is 0.333. The molecule has 1 N–H and O–H groups in total. The second-order valence-corrected chi connectivity index (χ2v) is 5.13. The van der Waals surface area contributed by atoms with E-state index in [1.807, 2.05) is 6.20 Å². The van der Waals surface area contributed by atoms with Crippen LogP contribution in [0.2, 0.25) is 10.0 Å². The molecular weight excluding hydrogens is 271 g/mol. The molecule has 6 heteroatoms. The van der Waals surface area contributed by atoms with Gasteiger partial charge in [-0.2, -0.15) is 0 Å². The summed E-state index contributed by atoms with van der Waals surface area (Å²) in [6.07, 6.45) is 1.84. The normalized spacial score (nSPS) is 11.2. The molecule has 1 aromatic heterocycles. The van der Waals surface area contributed by atoms with Crippen molar-refractivity contribution in [2.24, 2.45) is 0 Å². The third kappa shape index (κ3) is 3.22. The highest BCUT2D eigenvalue weighted by atomic mass is 35.5. The molecule has 0 aliphatic rings. The molecule has 0 fully saturated rings. The first-order valence-electron chi connectivity index (χ1n) is 5.66. The maximum Gasteiger partial charge on any atom is 0.0969 e. The Kier molecular flexibility index (Phi) is 4.22. The van der Waals surface area contributed by atoms with Crippen LogP contribution in [0.25, 0.3) is 5.69 Å². The number of hydrogen-bond donors (Lipinski definition) is 1. The van der Waals surface area contributed by atoms with E-state index in [-0.39, 0.29) is 0 Å². The molecule has 0 atom stereocenters. The van der Waals surface area contributed by atoms with Crippen LogP contribution in [-0.4, -0.2) is 21.0 Å². The van der Waals surface area contributed by atoms with Crippen LogP contribution in [-0.2, 0) is 6.54 Å². The van der Waals surface area contributed by atoms with Crippen molar-refractivity contribution in [3.63, 3.8) is 0 Å². The third-order valence-electron chi connectivity index (χ3n) is 2.39. The molecule has 0 bridgehead atoms. The first-order chi connectivity index (χ1) is 8.56. The molecule has 1 aromatic carbocycles. The molecule has 0 saturated carbocycles. The molecule has 2 rings (SSSR count). The van der Waals surface area contributed by atoms with Crippen LogP contribution in [0.3, 0.4) is 0 Å². The SMILES string of the molecule is CC(C)NCc1cn(-c2cc(Cl)ccc2Cl)nn1. The molecule has 0 saturated heterocycles. The first kappa shape index (κ1) is 13.3. The Morgan fingerprint density at radius 1 is 1.33 bits per heavy atom. The monoisotopic (exact) mass is 284 g/mol. The predicted molar refractivity (Wildman–Crippen MR) is 73.4 cm³/mol. The van der Waals surface area contributed by atoms with Crippen molar-refractivity contribution in [2.75, 3.05) is 0 Å². The van der Waals surface area contributed by atoms with E-state index in [1.54, 1.807) is 22.9 Å². The van der Waals surface area contributed by atoms with Gasteiger partial charge in [-0.1, -0.05) is 42.3 Å². The van der Waals surface area contributed by atoms with Crippen LogP contribution in [0, 0.1) is 0 Å². The van der Waals surface area contributed by atoms with E-state index in [4.69, 9.17) is 23.2 Å². The fourth-order valence-electron chi connectivity index (χ4n) is 1.47. The summed E-state index contributed by atoms with van der Waals surface area (Å²) in [6.45, 7) is 4.84. The van der Waals surface area contributed by atoms with Crippen LogP contribution >= 0.6 is 23.2 Å². The number of nitrogens with zero attached hydrogens (tertiary/aromatic N) is 3. The molecule has 0 aliphatic carbocycles. The van der Waals surface area contributed by atoms with Crippen molar-refractivity contribution >= 4 is 23.2 Å². The van der Waals surface area contributed by atoms with E-state index < -0.39 is 0 Å². The maximum atomic E-state index is 6.10. The zero-order valence-corrected chi connectivity index (χ0v) is 11.7. The number of hydrogen-bond acceptors (Lipinski definition) is 3. The Hall–Kier alpha value is -1.10. The highest BCUT2D eigenvalue weighted by Gasteiger charge is 2.07. The Labute approximate surface area is 116 Å². The molecule has 2 aromatic rings. The maximum absolute atomic E-state index is 6.10. The van der Waals surface area contributed by atoms with Crippen molar-refractivity contribution in [1.29, 1.82) is 0 Å². The van der Waals surface area contributed by atoms with Crippen LogP contribution in [0.15, 0.2) is 24.4 Å². The van der Waals surface area contributed by atoms with Gasteiger partial charge in [-0.3, -0.25) is 0 Å². The topological polar surface area (TPSA) is 42.7 Å². The molecule has 0 unspecified atom stereocenters. The average molecular weight is 285 g/mol. The Morgan fingerprint density at radius 2 is 2.11 bits per heavy atom. The fourth-order valence-corrected chi connectivity index (χ4v) is 1.84. The zero-order chi connectivity index (χ0) is 13.1. The van der Waals surface area contributed by atoms with Gasteiger partial charge < -0.3 is 5.32 Å². The first-order valence-corrected chi connectivity index (χ1v) is 6.42. The summed E-state index contributed by atoms with van der Waals surface area (Å²) in [6, 6.07) is 5.65. The van der Waals surface area contributed by atoms with Crippen molar-refractivity contribution < 1.29 is 0 Å². The van der Waals surface area contributed by atoms with Crippen LogP contribution in [0.5, 0.6) is 0 Å². The molecule has 18 heavy (non-hydrogen) atoms. The summed E-state index contributed by atoms with van der Waals surface area (Å²) >= 11 is 12.0. The summed E-state index contributed by atoms with van der Waals surface area (Å²) in [7, 11) is 0. The van der Waals surface area contributed by atoms with Crippen LogP contribution in [0.4, 0.5) is 0 Å². The quantitative estimate of drug-likeness (QED) is 0.938. The second-order valence-electron chi connectivity index (χ2n) is 4.29. The van der Waals surface area contributed by atoms with E-state index in [0.717, 1.165) is 11.4 Å². The van der Waals surface area contributed by atoms with E-state index in [2.05, 4.69) is 29.5 Å². The third-order valence-corrected chi connectivity index (χ3v) is 2.94. The van der Waals surface area contributed by atoms with Gasteiger partial charge in [-0.15, -0.1) is 5.10 Å². The van der Waals surface area contributed by atoms with Gasteiger partial charge >= 0.3 is 0 Å². The lowest BCUT2D eigenvalue weighted by Gasteiger charge is -2.05. The number of benzene rings is 1. The van der Waals surface area contributed by atoms with Gasteiger partial charge in [0.2, 0.25) is 0 Å². The van der Waals surface area contributed by atoms with Crippen molar-refractivity contribution in [3.8, 4) is 5.69 Å². The minimum Gasteiger partial charge on any atom is -0.309 e. The predicted octanol–water partition coefficient (Wildman–Crippen LogP) is 3.07. The molecular formula is C12H14Cl2N4. The Bertz CT molecular complexity index is 537. The van der Waals surface area contributed by atoms with E-state index in [0.29, 0.717) is 22.6 Å². The number of nitrogens with one attached hydrogen (secondary N) is 1. The highest BCUT2D eigenvalue weighted by molar-refractivity contribution is 6.34. The van der Waals surface area contributed by atoms with Gasteiger partial charge in [0.05, 0.1) is 22.6 Å².